The number of hydrogen-bond donors (Lipinski definition) is 2. The van der Waals surface area contributed by atoms with E-state index in [-0.39, 0.29) is 17.1 Å². The third-order valence-electron chi connectivity index (χ3n) is 6.39. The van der Waals surface area contributed by atoms with Gasteiger partial charge < -0.3 is 11.1 Å². The molecule has 0 aromatic heterocycles. The first kappa shape index (κ1) is 25.9. The largest absolute Gasteiger partial charge is 0.368 e. The minimum absolute atomic E-state index is 0.150. The summed E-state index contributed by atoms with van der Waals surface area (Å²) in [6.45, 7) is 0. The van der Waals surface area contributed by atoms with Gasteiger partial charge in [0, 0.05) is 0 Å². The molecule has 2 amide bonds. The second-order valence-electron chi connectivity index (χ2n) is 8.70. The van der Waals surface area contributed by atoms with Gasteiger partial charge in [0.15, 0.2) is 9.84 Å². The molecule has 0 bridgehead atoms. The Morgan fingerprint density at radius 2 is 1.05 bits per heavy atom. The lowest BCUT2D eigenvalue weighted by Gasteiger charge is -2.35. The second-order valence-corrected chi connectivity index (χ2v) is 10.8. The van der Waals surface area contributed by atoms with Crippen molar-refractivity contribution in [1.82, 2.24) is 5.32 Å². The number of nitrogens with one attached hydrogen (secondary N) is 1. The molecule has 4 aromatic rings. The van der Waals surface area contributed by atoms with Gasteiger partial charge in [0.1, 0.15) is 11.5 Å². The Hall–Kier alpha value is -4.23. The predicted molar refractivity (Wildman–Crippen MR) is 143 cm³/mol. The summed E-state index contributed by atoms with van der Waals surface area (Å²) in [6.07, 6.45) is -0.160. The summed E-state index contributed by atoms with van der Waals surface area (Å²) in [5.74, 6) is -1.63. The highest BCUT2D eigenvalue weighted by Gasteiger charge is 2.44. The summed E-state index contributed by atoms with van der Waals surface area (Å²) in [4.78, 5) is 26.9. The number of rotatable bonds is 10. The maximum atomic E-state index is 14.3. The van der Waals surface area contributed by atoms with E-state index >= 15 is 0 Å². The van der Waals surface area contributed by atoms with E-state index in [4.69, 9.17) is 5.73 Å². The molecular weight excluding hydrogens is 484 g/mol. The average Bonchev–Trinajstić information content (AvgIpc) is 2.93. The monoisotopic (exact) mass is 512 g/mol. The van der Waals surface area contributed by atoms with E-state index in [9.17, 15) is 18.0 Å². The molecule has 0 spiro atoms. The Morgan fingerprint density at radius 1 is 0.676 bits per heavy atom. The van der Waals surface area contributed by atoms with Crippen molar-refractivity contribution >= 4 is 21.7 Å². The first-order chi connectivity index (χ1) is 17.9. The zero-order valence-corrected chi connectivity index (χ0v) is 21.0. The van der Waals surface area contributed by atoms with E-state index in [0.29, 0.717) is 16.7 Å². The van der Waals surface area contributed by atoms with Crippen molar-refractivity contribution in [2.45, 2.75) is 22.8 Å². The molecule has 1 atom stereocenters. The Morgan fingerprint density at radius 3 is 1.43 bits per heavy atom. The number of benzene rings is 4. The summed E-state index contributed by atoms with van der Waals surface area (Å²) in [5, 5.41) is 2.80. The van der Waals surface area contributed by atoms with Gasteiger partial charge in [-0.25, -0.2) is 8.42 Å². The fraction of sp³-hybridized carbons (Fsp3) is 0.133. The molecule has 0 aliphatic heterocycles. The number of sulfone groups is 1. The van der Waals surface area contributed by atoms with E-state index in [1.165, 1.54) is 12.1 Å². The summed E-state index contributed by atoms with van der Waals surface area (Å²) in [6, 6.07) is 34.6. The third kappa shape index (κ3) is 5.47. The first-order valence-corrected chi connectivity index (χ1v) is 13.6. The molecule has 0 aliphatic rings. The first-order valence-electron chi connectivity index (χ1n) is 11.9. The van der Waals surface area contributed by atoms with Crippen molar-refractivity contribution in [3.8, 4) is 0 Å². The van der Waals surface area contributed by atoms with Crippen molar-refractivity contribution in [3.63, 3.8) is 0 Å². The molecule has 3 N–H and O–H groups in total. The van der Waals surface area contributed by atoms with Gasteiger partial charge in [-0.05, 0) is 35.2 Å². The van der Waals surface area contributed by atoms with Crippen LogP contribution >= 0.6 is 0 Å². The quantitative estimate of drug-likeness (QED) is 0.315. The number of hydrogen-bond acceptors (Lipinski definition) is 4. The van der Waals surface area contributed by atoms with Gasteiger partial charge in [0.2, 0.25) is 11.8 Å². The second kappa shape index (κ2) is 11.2. The van der Waals surface area contributed by atoms with Crippen LogP contribution in [0.3, 0.4) is 0 Å². The molecule has 4 rings (SSSR count). The molecular formula is C30H28N2O4S. The SMILES string of the molecule is NC(=O)[C@H](CCS(=O)(=O)c1ccccc1)NC(=O)C(c1ccccc1)(c1ccccc1)c1ccccc1. The highest BCUT2D eigenvalue weighted by molar-refractivity contribution is 7.91. The van der Waals surface area contributed by atoms with Gasteiger partial charge >= 0.3 is 0 Å². The Balaban J connectivity index is 1.75. The van der Waals surface area contributed by atoms with E-state index in [2.05, 4.69) is 5.32 Å². The number of carbonyl (C=O) groups is 2. The summed E-state index contributed by atoms with van der Waals surface area (Å²) in [5.41, 5.74) is 6.45. The summed E-state index contributed by atoms with van der Waals surface area (Å²) < 4.78 is 25.7. The van der Waals surface area contributed by atoms with Gasteiger partial charge in [-0.15, -0.1) is 0 Å². The lowest BCUT2D eigenvalue weighted by Crippen LogP contribution is -2.53. The normalized spacial score (nSPS) is 12.4. The van der Waals surface area contributed by atoms with Crippen LogP contribution in [-0.2, 0) is 24.8 Å². The van der Waals surface area contributed by atoms with Crippen LogP contribution in [-0.4, -0.2) is 32.0 Å². The number of nitrogens with two attached hydrogens (primary N) is 1. The van der Waals surface area contributed by atoms with Crippen LogP contribution < -0.4 is 11.1 Å². The molecule has 0 saturated heterocycles. The van der Waals surface area contributed by atoms with Crippen molar-refractivity contribution in [2.75, 3.05) is 5.75 Å². The number of primary amides is 1. The molecule has 188 valence electrons. The van der Waals surface area contributed by atoms with Crippen LogP contribution in [0.1, 0.15) is 23.1 Å². The van der Waals surface area contributed by atoms with Gasteiger partial charge in [-0.3, -0.25) is 9.59 Å². The number of carbonyl (C=O) groups excluding carboxylic acids is 2. The summed E-state index contributed by atoms with van der Waals surface area (Å²) in [7, 11) is -3.68. The van der Waals surface area contributed by atoms with E-state index < -0.39 is 33.1 Å². The van der Waals surface area contributed by atoms with Crippen LogP contribution in [0.25, 0.3) is 0 Å². The zero-order chi connectivity index (χ0) is 26.3. The maximum Gasteiger partial charge on any atom is 0.240 e. The lowest BCUT2D eigenvalue weighted by molar-refractivity contribution is -0.129. The maximum absolute atomic E-state index is 14.3. The van der Waals surface area contributed by atoms with E-state index in [1.807, 2.05) is 91.0 Å². The minimum Gasteiger partial charge on any atom is -0.368 e. The molecule has 37 heavy (non-hydrogen) atoms. The van der Waals surface area contributed by atoms with Crippen molar-refractivity contribution in [2.24, 2.45) is 5.73 Å². The van der Waals surface area contributed by atoms with Gasteiger partial charge in [0.25, 0.3) is 0 Å². The van der Waals surface area contributed by atoms with Gasteiger partial charge in [-0.1, -0.05) is 109 Å². The zero-order valence-electron chi connectivity index (χ0n) is 20.2. The lowest BCUT2D eigenvalue weighted by atomic mass is 9.68. The van der Waals surface area contributed by atoms with E-state index in [0.717, 1.165) is 0 Å². The smallest absolute Gasteiger partial charge is 0.240 e. The fourth-order valence-electron chi connectivity index (χ4n) is 4.53. The van der Waals surface area contributed by atoms with Crippen LogP contribution in [0.15, 0.2) is 126 Å². The molecule has 0 aliphatic carbocycles. The van der Waals surface area contributed by atoms with Crippen molar-refractivity contribution in [3.05, 3.63) is 138 Å². The van der Waals surface area contributed by atoms with Crippen LogP contribution in [0, 0.1) is 0 Å². The van der Waals surface area contributed by atoms with Crippen LogP contribution in [0.2, 0.25) is 0 Å². The molecule has 0 heterocycles. The Labute approximate surface area is 217 Å². The van der Waals surface area contributed by atoms with Gasteiger partial charge in [-0.2, -0.15) is 0 Å². The Kier molecular flexibility index (Phi) is 7.84. The molecule has 0 fully saturated rings. The topological polar surface area (TPSA) is 106 Å². The molecule has 0 radical (unpaired) electrons. The van der Waals surface area contributed by atoms with Gasteiger partial charge in [0.05, 0.1) is 10.6 Å². The van der Waals surface area contributed by atoms with Crippen LogP contribution in [0.5, 0.6) is 0 Å². The van der Waals surface area contributed by atoms with Crippen LogP contribution in [0.4, 0.5) is 0 Å². The number of amides is 2. The third-order valence-corrected chi connectivity index (χ3v) is 8.15. The molecule has 0 saturated carbocycles. The minimum atomic E-state index is -3.68. The summed E-state index contributed by atoms with van der Waals surface area (Å²) >= 11 is 0. The molecule has 0 unspecified atom stereocenters. The molecule has 4 aromatic carbocycles. The predicted octanol–water partition coefficient (Wildman–Crippen LogP) is 3.86. The average molecular weight is 513 g/mol. The highest BCUT2D eigenvalue weighted by Crippen LogP contribution is 2.39. The Bertz CT molecular complexity index is 1350. The van der Waals surface area contributed by atoms with E-state index in [1.54, 1.807) is 18.2 Å². The van der Waals surface area contributed by atoms with Crippen molar-refractivity contribution in [1.29, 1.82) is 0 Å². The fourth-order valence-corrected chi connectivity index (χ4v) is 5.88. The molecule has 6 nitrogen and oxygen atoms in total. The highest BCUT2D eigenvalue weighted by atomic mass is 32.2. The standard InChI is InChI=1S/C30H28N2O4S/c31-28(33)27(21-22-37(35,36)26-19-11-4-12-20-26)32-29(34)30(23-13-5-1-6-14-23,24-15-7-2-8-16-24)25-17-9-3-10-18-25/h1-20,27H,21-22H2,(H2,31,33)(H,32,34)/t27-/m0/s1. The van der Waals surface area contributed by atoms with Crippen molar-refractivity contribution < 1.29 is 18.0 Å². The molecule has 7 heteroatoms.